The van der Waals surface area contributed by atoms with Crippen molar-refractivity contribution in [3.63, 3.8) is 0 Å². The molecule has 0 bridgehead atoms. The molecule has 2 N–H and O–H groups in total. The van der Waals surface area contributed by atoms with E-state index in [1.165, 1.54) is 4.31 Å². The standard InChI is InChI=1S/C3H9N3S3/c1-2(7)6(9)3(4)5-8/h2,7-9H,1H3,(H2,4,5)/p-1. The summed E-state index contributed by atoms with van der Waals surface area (Å²) in [5, 5.41) is -0.0833. The van der Waals surface area contributed by atoms with Crippen LogP contribution in [0.1, 0.15) is 6.92 Å². The molecule has 0 radical (unpaired) electrons. The van der Waals surface area contributed by atoms with Gasteiger partial charge in [0.25, 0.3) is 0 Å². The zero-order valence-electron chi connectivity index (χ0n) is 4.85. The molecule has 0 spiro atoms. The maximum atomic E-state index is 5.26. The number of hydrogen-bond donors (Lipinski definition) is 3. The average Bonchev–Trinajstić information content (AvgIpc) is 1.84. The largest absolute Gasteiger partial charge is 0.666 e. The van der Waals surface area contributed by atoms with Gasteiger partial charge in [-0.3, -0.25) is 4.31 Å². The number of hydrogen-bond acceptors (Lipinski definition) is 4. The fraction of sp³-hybridized carbons (Fsp3) is 0.667. The third-order valence-electron chi connectivity index (χ3n) is 0.682. The first-order valence-electron chi connectivity index (χ1n) is 2.21. The van der Waals surface area contributed by atoms with Crippen LogP contribution >= 0.6 is 25.4 Å². The Labute approximate surface area is 71.2 Å². The van der Waals surface area contributed by atoms with Crippen molar-refractivity contribution < 1.29 is 0 Å². The molecule has 0 amide bonds. The Morgan fingerprint density at radius 3 is 2.44 bits per heavy atom. The summed E-state index contributed by atoms with van der Waals surface area (Å²) in [7, 11) is 0. The molecule has 9 heavy (non-hydrogen) atoms. The predicted octanol–water partition coefficient (Wildman–Crippen LogP) is 0.186. The van der Waals surface area contributed by atoms with Crippen LogP contribution in [0.4, 0.5) is 0 Å². The fourth-order valence-electron chi connectivity index (χ4n) is 0.233. The minimum atomic E-state index is -0.0833. The van der Waals surface area contributed by atoms with Gasteiger partial charge in [0.15, 0.2) is 5.96 Å². The van der Waals surface area contributed by atoms with Gasteiger partial charge in [-0.15, -0.1) is 0 Å². The third kappa shape index (κ3) is 3.02. The van der Waals surface area contributed by atoms with Gasteiger partial charge in [0.05, 0.1) is 5.37 Å². The first-order chi connectivity index (χ1) is 4.09. The number of guanidine groups is 1. The molecule has 0 aromatic rings. The van der Waals surface area contributed by atoms with E-state index < -0.39 is 0 Å². The normalized spacial score (nSPS) is 15.2. The highest BCUT2D eigenvalue weighted by molar-refractivity contribution is 7.83. The van der Waals surface area contributed by atoms with Crippen molar-refractivity contribution in [2.75, 3.05) is 0 Å². The third-order valence-corrected chi connectivity index (χ3v) is 1.83. The highest BCUT2D eigenvalue weighted by atomic mass is 32.1. The van der Waals surface area contributed by atoms with Gasteiger partial charge >= 0.3 is 0 Å². The smallest absolute Gasteiger partial charge is 0.181 e. The van der Waals surface area contributed by atoms with Gasteiger partial charge in [0, 0.05) is 0 Å². The molecule has 3 nitrogen and oxygen atoms in total. The molecule has 0 saturated carbocycles. The second-order valence-corrected chi connectivity index (χ2v) is 2.79. The Balaban J connectivity index is 3.88. The van der Waals surface area contributed by atoms with Crippen LogP contribution in [0.25, 0.3) is 0 Å². The van der Waals surface area contributed by atoms with Crippen molar-refractivity contribution in [3.05, 3.63) is 0 Å². The zero-order valence-corrected chi connectivity index (χ0v) is 7.46. The Morgan fingerprint density at radius 1 is 1.89 bits per heavy atom. The molecule has 0 aliphatic heterocycles. The van der Waals surface area contributed by atoms with Crippen LogP contribution in [0.15, 0.2) is 4.40 Å². The molecule has 1 atom stereocenters. The average molecular weight is 182 g/mol. The van der Waals surface area contributed by atoms with Crippen molar-refractivity contribution in [3.8, 4) is 0 Å². The Bertz CT molecular complexity index is 113. The minimum Gasteiger partial charge on any atom is -0.666 e. The zero-order chi connectivity index (χ0) is 7.44. The second kappa shape index (κ2) is 4.08. The maximum Gasteiger partial charge on any atom is 0.181 e. The lowest BCUT2D eigenvalue weighted by Crippen LogP contribution is -2.33. The van der Waals surface area contributed by atoms with E-state index in [0.717, 1.165) is 0 Å². The van der Waals surface area contributed by atoms with Gasteiger partial charge in [-0.25, -0.2) is 0 Å². The molecule has 0 aromatic heterocycles. The Kier molecular flexibility index (Phi) is 4.16. The highest BCUT2D eigenvalue weighted by Gasteiger charge is 2.04. The molecule has 54 valence electrons. The molecule has 6 heteroatoms. The first-order valence-corrected chi connectivity index (χ1v) is 3.49. The van der Waals surface area contributed by atoms with Crippen LogP contribution in [0, 0.1) is 0 Å². The van der Waals surface area contributed by atoms with Gasteiger partial charge in [0.2, 0.25) is 0 Å². The summed E-state index contributed by atoms with van der Waals surface area (Å²) in [6.45, 7) is 1.81. The monoisotopic (exact) mass is 182 g/mol. The molecule has 0 heterocycles. The topological polar surface area (TPSA) is 41.6 Å². The van der Waals surface area contributed by atoms with Crippen LogP contribution in [-0.2, 0) is 12.8 Å². The molecule has 0 saturated heterocycles. The number of thiol groups is 2. The Hall–Kier alpha value is 0.190. The van der Waals surface area contributed by atoms with E-state index in [2.05, 4.69) is 42.7 Å². The van der Waals surface area contributed by atoms with Crippen molar-refractivity contribution in [1.29, 1.82) is 0 Å². The molecular formula is C3H8N3S3-. The molecular weight excluding hydrogens is 174 g/mol. The fourth-order valence-corrected chi connectivity index (χ4v) is 0.545. The summed E-state index contributed by atoms with van der Waals surface area (Å²) in [6, 6.07) is 0. The Morgan fingerprint density at radius 2 is 2.33 bits per heavy atom. The van der Waals surface area contributed by atoms with Gasteiger partial charge in [-0.1, -0.05) is 12.8 Å². The van der Waals surface area contributed by atoms with Crippen LogP contribution in [0.5, 0.6) is 0 Å². The van der Waals surface area contributed by atoms with Crippen LogP contribution in [-0.4, -0.2) is 15.6 Å². The van der Waals surface area contributed by atoms with E-state index >= 15 is 0 Å². The van der Waals surface area contributed by atoms with Gasteiger partial charge < -0.3 is 22.9 Å². The van der Waals surface area contributed by atoms with Crippen molar-refractivity contribution in [2.45, 2.75) is 12.3 Å². The van der Waals surface area contributed by atoms with E-state index in [4.69, 9.17) is 5.73 Å². The van der Waals surface area contributed by atoms with E-state index in [9.17, 15) is 0 Å². The summed E-state index contributed by atoms with van der Waals surface area (Å²) in [4.78, 5) is 0. The van der Waals surface area contributed by atoms with Gasteiger partial charge in [-0.2, -0.15) is 12.6 Å². The lowest BCUT2D eigenvalue weighted by atomic mass is 10.7. The SMILES string of the molecule is CC(S)N(S)C(N)=N[S-]. The van der Waals surface area contributed by atoms with E-state index in [1.807, 2.05) is 6.92 Å². The van der Waals surface area contributed by atoms with E-state index in [0.29, 0.717) is 0 Å². The van der Waals surface area contributed by atoms with Crippen molar-refractivity contribution in [2.24, 2.45) is 10.1 Å². The minimum absolute atomic E-state index is 0.0833. The van der Waals surface area contributed by atoms with Crippen molar-refractivity contribution in [1.82, 2.24) is 4.31 Å². The van der Waals surface area contributed by atoms with Gasteiger partial charge in [-0.05, 0) is 6.92 Å². The summed E-state index contributed by atoms with van der Waals surface area (Å²) in [6.07, 6.45) is 0. The predicted molar refractivity (Wildman–Crippen MR) is 48.3 cm³/mol. The summed E-state index contributed by atoms with van der Waals surface area (Å²) < 4.78 is 4.66. The quantitative estimate of drug-likeness (QED) is 0.178. The molecule has 0 fully saturated rings. The lowest BCUT2D eigenvalue weighted by molar-refractivity contribution is 0.671. The van der Waals surface area contributed by atoms with Crippen LogP contribution in [0.2, 0.25) is 0 Å². The van der Waals surface area contributed by atoms with Gasteiger partial charge in [0.1, 0.15) is 0 Å². The highest BCUT2D eigenvalue weighted by Crippen LogP contribution is 2.04. The second-order valence-electron chi connectivity index (χ2n) is 1.43. The number of nitrogens with zero attached hydrogens (tertiary/aromatic N) is 2. The van der Waals surface area contributed by atoms with Crippen LogP contribution < -0.4 is 5.73 Å². The number of rotatable bonds is 1. The van der Waals surface area contributed by atoms with Crippen LogP contribution in [0.3, 0.4) is 0 Å². The van der Waals surface area contributed by atoms with E-state index in [-0.39, 0.29) is 11.3 Å². The van der Waals surface area contributed by atoms with E-state index in [1.54, 1.807) is 0 Å². The lowest BCUT2D eigenvalue weighted by Gasteiger charge is -2.20. The maximum absolute atomic E-state index is 5.26. The molecule has 0 aromatic carbocycles. The molecule has 1 unspecified atom stereocenters. The molecule has 0 rings (SSSR count). The number of nitrogens with two attached hydrogens (primary N) is 1. The summed E-state index contributed by atoms with van der Waals surface area (Å²) in [5.41, 5.74) is 5.26. The summed E-state index contributed by atoms with van der Waals surface area (Å²) in [5.74, 6) is 0.191. The summed E-state index contributed by atoms with van der Waals surface area (Å²) >= 11 is 12.3. The molecule has 0 aliphatic carbocycles. The first kappa shape index (κ1) is 9.19. The van der Waals surface area contributed by atoms with Crippen molar-refractivity contribution >= 4 is 44.2 Å². The molecule has 0 aliphatic rings.